The van der Waals surface area contributed by atoms with Gasteiger partial charge in [-0.1, -0.05) is 56.3 Å². The van der Waals surface area contributed by atoms with Crippen molar-refractivity contribution in [3.8, 4) is 5.75 Å². The number of rotatable bonds is 2. The molecule has 0 saturated heterocycles. The summed E-state index contributed by atoms with van der Waals surface area (Å²) in [7, 11) is 0. The van der Waals surface area contributed by atoms with Crippen molar-refractivity contribution in [2.75, 3.05) is 0 Å². The predicted molar refractivity (Wildman–Crippen MR) is 79.9 cm³/mol. The highest BCUT2D eigenvalue weighted by Crippen LogP contribution is 2.40. The Morgan fingerprint density at radius 2 is 1.75 bits per heavy atom. The number of ether oxygens (including phenoxy) is 1. The molecule has 2 aromatic carbocycles. The van der Waals surface area contributed by atoms with Gasteiger partial charge < -0.3 is 9.84 Å². The zero-order valence-corrected chi connectivity index (χ0v) is 11.9. The van der Waals surface area contributed by atoms with E-state index < -0.39 is 6.10 Å². The standard InChI is InChI=1S/C18H20O2/c1-12(2)13-7-9-14(10-8-13)18-11-16(19)15-5-3-4-6-17(15)20-18/h3-10,12,16,18-19H,11H2,1-2H3. The molecule has 2 nitrogen and oxygen atoms in total. The Hall–Kier alpha value is -1.80. The predicted octanol–water partition coefficient (Wildman–Crippen LogP) is 4.37. The minimum Gasteiger partial charge on any atom is -0.485 e. The lowest BCUT2D eigenvalue weighted by atomic mass is 9.93. The fraction of sp³-hybridized carbons (Fsp3) is 0.333. The lowest BCUT2D eigenvalue weighted by Gasteiger charge is -2.30. The van der Waals surface area contributed by atoms with Crippen molar-refractivity contribution < 1.29 is 9.84 Å². The average molecular weight is 268 g/mol. The van der Waals surface area contributed by atoms with Crippen LogP contribution in [0.5, 0.6) is 5.75 Å². The molecule has 2 aromatic rings. The first-order valence-electron chi connectivity index (χ1n) is 7.18. The minimum absolute atomic E-state index is 0.0684. The molecule has 3 rings (SSSR count). The van der Waals surface area contributed by atoms with Crippen LogP contribution in [0.25, 0.3) is 0 Å². The molecule has 0 aromatic heterocycles. The van der Waals surface area contributed by atoms with Gasteiger partial charge in [0, 0.05) is 12.0 Å². The van der Waals surface area contributed by atoms with E-state index in [0.717, 1.165) is 16.9 Å². The lowest BCUT2D eigenvalue weighted by molar-refractivity contribution is 0.0657. The molecule has 2 unspecified atom stereocenters. The second kappa shape index (κ2) is 5.29. The van der Waals surface area contributed by atoms with Crippen LogP contribution in [-0.4, -0.2) is 5.11 Å². The third-order valence-corrected chi connectivity index (χ3v) is 3.96. The van der Waals surface area contributed by atoms with Gasteiger partial charge in [-0.2, -0.15) is 0 Å². The smallest absolute Gasteiger partial charge is 0.127 e. The zero-order valence-electron chi connectivity index (χ0n) is 11.9. The summed E-state index contributed by atoms with van der Waals surface area (Å²) in [6, 6.07) is 16.2. The van der Waals surface area contributed by atoms with Crippen LogP contribution in [0.1, 0.15) is 55.1 Å². The Labute approximate surface area is 120 Å². The quantitative estimate of drug-likeness (QED) is 0.876. The second-order valence-corrected chi connectivity index (χ2v) is 5.72. The Kier molecular flexibility index (Phi) is 3.49. The molecule has 20 heavy (non-hydrogen) atoms. The Balaban J connectivity index is 1.86. The summed E-state index contributed by atoms with van der Waals surface area (Å²) in [5, 5.41) is 10.3. The van der Waals surface area contributed by atoms with Crippen molar-refractivity contribution in [3.63, 3.8) is 0 Å². The molecule has 104 valence electrons. The average Bonchev–Trinajstić information content (AvgIpc) is 2.47. The van der Waals surface area contributed by atoms with Crippen LogP contribution in [0, 0.1) is 0 Å². The highest BCUT2D eigenvalue weighted by Gasteiger charge is 2.27. The van der Waals surface area contributed by atoms with Crippen molar-refractivity contribution in [3.05, 3.63) is 65.2 Å². The number of benzene rings is 2. The van der Waals surface area contributed by atoms with E-state index in [1.807, 2.05) is 24.3 Å². The maximum atomic E-state index is 10.3. The van der Waals surface area contributed by atoms with Gasteiger partial charge >= 0.3 is 0 Å². The van der Waals surface area contributed by atoms with Gasteiger partial charge in [0.25, 0.3) is 0 Å². The van der Waals surface area contributed by atoms with Gasteiger partial charge in [-0.15, -0.1) is 0 Å². The van der Waals surface area contributed by atoms with Crippen LogP contribution in [0.15, 0.2) is 48.5 Å². The summed E-state index contributed by atoms with van der Waals surface area (Å²) < 4.78 is 6.03. The Morgan fingerprint density at radius 1 is 1.05 bits per heavy atom. The largest absolute Gasteiger partial charge is 0.485 e. The van der Waals surface area contributed by atoms with E-state index in [4.69, 9.17) is 4.74 Å². The number of fused-ring (bicyclic) bond motifs is 1. The Morgan fingerprint density at radius 3 is 2.45 bits per heavy atom. The summed E-state index contributed by atoms with van der Waals surface area (Å²) in [5.41, 5.74) is 3.34. The van der Waals surface area contributed by atoms with Crippen molar-refractivity contribution in [2.24, 2.45) is 0 Å². The molecular weight excluding hydrogens is 248 g/mol. The number of hydrogen-bond acceptors (Lipinski definition) is 2. The summed E-state index contributed by atoms with van der Waals surface area (Å²) in [6.45, 7) is 4.37. The number of aliphatic hydroxyl groups excluding tert-OH is 1. The van der Waals surface area contributed by atoms with Crippen molar-refractivity contribution >= 4 is 0 Å². The van der Waals surface area contributed by atoms with E-state index in [-0.39, 0.29) is 6.10 Å². The minimum atomic E-state index is -0.449. The number of para-hydroxylation sites is 1. The summed E-state index contributed by atoms with van der Waals surface area (Å²) in [6.07, 6.45) is 0.0914. The van der Waals surface area contributed by atoms with E-state index in [0.29, 0.717) is 12.3 Å². The van der Waals surface area contributed by atoms with Crippen LogP contribution in [0.3, 0.4) is 0 Å². The number of hydrogen-bond donors (Lipinski definition) is 1. The molecule has 0 saturated carbocycles. The molecule has 2 atom stereocenters. The molecule has 0 fully saturated rings. The zero-order chi connectivity index (χ0) is 14.1. The van der Waals surface area contributed by atoms with Gasteiger partial charge in [-0.05, 0) is 23.1 Å². The SMILES string of the molecule is CC(C)c1ccc(C2CC(O)c3ccccc3O2)cc1. The number of aliphatic hydroxyl groups is 1. The van der Waals surface area contributed by atoms with Gasteiger partial charge in [0.1, 0.15) is 11.9 Å². The highest BCUT2D eigenvalue weighted by molar-refractivity contribution is 5.38. The molecule has 2 heteroatoms. The van der Waals surface area contributed by atoms with Crippen LogP contribution < -0.4 is 4.74 Å². The van der Waals surface area contributed by atoms with E-state index >= 15 is 0 Å². The van der Waals surface area contributed by atoms with Crippen LogP contribution in [-0.2, 0) is 0 Å². The molecule has 1 aliphatic heterocycles. The third-order valence-electron chi connectivity index (χ3n) is 3.96. The third kappa shape index (κ3) is 2.44. The summed E-state index contributed by atoms with van der Waals surface area (Å²) in [4.78, 5) is 0. The molecule has 0 amide bonds. The van der Waals surface area contributed by atoms with Gasteiger partial charge in [0.2, 0.25) is 0 Å². The molecule has 0 spiro atoms. The molecule has 1 heterocycles. The monoisotopic (exact) mass is 268 g/mol. The topological polar surface area (TPSA) is 29.5 Å². The first kappa shape index (κ1) is 13.2. The first-order valence-corrected chi connectivity index (χ1v) is 7.18. The fourth-order valence-corrected chi connectivity index (χ4v) is 2.69. The van der Waals surface area contributed by atoms with Crippen molar-refractivity contribution in [1.29, 1.82) is 0 Å². The fourth-order valence-electron chi connectivity index (χ4n) is 2.69. The highest BCUT2D eigenvalue weighted by atomic mass is 16.5. The van der Waals surface area contributed by atoms with Gasteiger partial charge in [-0.3, -0.25) is 0 Å². The molecule has 0 radical (unpaired) electrons. The molecule has 1 N–H and O–H groups in total. The molecule has 1 aliphatic rings. The maximum Gasteiger partial charge on any atom is 0.127 e. The van der Waals surface area contributed by atoms with Gasteiger partial charge in [0.05, 0.1) is 6.10 Å². The van der Waals surface area contributed by atoms with Crippen LogP contribution in [0.4, 0.5) is 0 Å². The van der Waals surface area contributed by atoms with Crippen molar-refractivity contribution in [2.45, 2.75) is 38.4 Å². The van der Waals surface area contributed by atoms with Gasteiger partial charge in [0.15, 0.2) is 0 Å². The van der Waals surface area contributed by atoms with E-state index in [1.54, 1.807) is 0 Å². The molecule has 0 aliphatic carbocycles. The van der Waals surface area contributed by atoms with Crippen molar-refractivity contribution in [1.82, 2.24) is 0 Å². The summed E-state index contributed by atoms with van der Waals surface area (Å²) >= 11 is 0. The first-order chi connectivity index (χ1) is 9.65. The van der Waals surface area contributed by atoms with Crippen LogP contribution in [0.2, 0.25) is 0 Å². The lowest BCUT2D eigenvalue weighted by Crippen LogP contribution is -2.18. The van der Waals surface area contributed by atoms with Crippen LogP contribution >= 0.6 is 0 Å². The normalized spacial score (nSPS) is 21.4. The van der Waals surface area contributed by atoms with E-state index in [2.05, 4.69) is 38.1 Å². The second-order valence-electron chi connectivity index (χ2n) is 5.72. The maximum absolute atomic E-state index is 10.3. The summed E-state index contributed by atoms with van der Waals surface area (Å²) in [5.74, 6) is 1.33. The van der Waals surface area contributed by atoms with E-state index in [9.17, 15) is 5.11 Å². The van der Waals surface area contributed by atoms with E-state index in [1.165, 1.54) is 5.56 Å². The Bertz CT molecular complexity index is 587. The van der Waals surface area contributed by atoms with Gasteiger partial charge in [-0.25, -0.2) is 0 Å². The molecule has 0 bridgehead atoms. The molecular formula is C18H20O2.